The molecule has 3 heteroatoms. The SMILES string of the molecule is CC(=O)O[C@H](N)C1CC1. The summed E-state index contributed by atoms with van der Waals surface area (Å²) in [6.45, 7) is 1.38. The van der Waals surface area contributed by atoms with Crippen LogP contribution in [0.15, 0.2) is 0 Å². The third-order valence-electron chi connectivity index (χ3n) is 1.39. The molecule has 1 aliphatic rings. The van der Waals surface area contributed by atoms with Crippen molar-refractivity contribution in [2.75, 3.05) is 0 Å². The molecule has 0 bridgehead atoms. The van der Waals surface area contributed by atoms with Crippen LogP contribution in [0.25, 0.3) is 0 Å². The second kappa shape index (κ2) is 2.35. The Balaban J connectivity index is 2.17. The molecule has 0 spiro atoms. The van der Waals surface area contributed by atoms with E-state index in [2.05, 4.69) is 0 Å². The zero-order valence-electron chi connectivity index (χ0n) is 5.46. The molecule has 9 heavy (non-hydrogen) atoms. The van der Waals surface area contributed by atoms with E-state index in [1.165, 1.54) is 6.92 Å². The molecule has 0 amide bonds. The summed E-state index contributed by atoms with van der Waals surface area (Å²) in [5.74, 6) is 0.156. The summed E-state index contributed by atoms with van der Waals surface area (Å²) in [4.78, 5) is 10.3. The van der Waals surface area contributed by atoms with Gasteiger partial charge in [0.05, 0.1) is 0 Å². The Morgan fingerprint density at radius 3 is 2.67 bits per heavy atom. The van der Waals surface area contributed by atoms with Gasteiger partial charge in [-0.3, -0.25) is 10.5 Å². The smallest absolute Gasteiger partial charge is 0.304 e. The molecule has 0 unspecified atom stereocenters. The van der Waals surface area contributed by atoms with E-state index in [0.29, 0.717) is 5.92 Å². The Morgan fingerprint density at radius 1 is 1.78 bits per heavy atom. The fraction of sp³-hybridized carbons (Fsp3) is 0.833. The first-order valence-corrected chi connectivity index (χ1v) is 3.13. The van der Waals surface area contributed by atoms with E-state index in [9.17, 15) is 4.79 Å². The number of rotatable bonds is 2. The van der Waals surface area contributed by atoms with E-state index in [1.54, 1.807) is 0 Å². The topological polar surface area (TPSA) is 52.3 Å². The maximum Gasteiger partial charge on any atom is 0.304 e. The van der Waals surface area contributed by atoms with Crippen molar-refractivity contribution in [3.63, 3.8) is 0 Å². The molecular formula is C6H11NO2. The minimum absolute atomic E-state index is 0.283. The van der Waals surface area contributed by atoms with Crippen molar-refractivity contribution in [3.05, 3.63) is 0 Å². The Kier molecular flexibility index (Phi) is 1.71. The van der Waals surface area contributed by atoms with Crippen LogP contribution < -0.4 is 5.73 Å². The molecule has 2 N–H and O–H groups in total. The minimum Gasteiger partial charge on any atom is -0.447 e. The van der Waals surface area contributed by atoms with E-state index in [0.717, 1.165) is 12.8 Å². The van der Waals surface area contributed by atoms with Crippen LogP contribution in [0, 0.1) is 5.92 Å². The molecule has 0 aromatic heterocycles. The lowest BCUT2D eigenvalue weighted by Gasteiger charge is -2.08. The fourth-order valence-electron chi connectivity index (χ4n) is 0.713. The molecule has 1 atom stereocenters. The lowest BCUT2D eigenvalue weighted by atomic mass is 10.4. The first kappa shape index (κ1) is 6.55. The molecule has 0 radical (unpaired) electrons. The predicted molar refractivity (Wildman–Crippen MR) is 32.5 cm³/mol. The number of nitrogens with two attached hydrogens (primary N) is 1. The summed E-state index contributed by atoms with van der Waals surface area (Å²) in [5, 5.41) is 0. The van der Waals surface area contributed by atoms with Gasteiger partial charge >= 0.3 is 5.97 Å². The lowest BCUT2D eigenvalue weighted by Crippen LogP contribution is -2.27. The van der Waals surface area contributed by atoms with Crippen LogP contribution in [0.4, 0.5) is 0 Å². The summed E-state index contributed by atoms with van der Waals surface area (Å²) >= 11 is 0. The molecule has 3 nitrogen and oxygen atoms in total. The summed E-state index contributed by atoms with van der Waals surface area (Å²) in [6.07, 6.45) is 1.87. The third-order valence-corrected chi connectivity index (χ3v) is 1.39. The number of hydrogen-bond acceptors (Lipinski definition) is 3. The van der Waals surface area contributed by atoms with Crippen LogP contribution in [-0.2, 0) is 9.53 Å². The normalized spacial score (nSPS) is 21.1. The second-order valence-corrected chi connectivity index (χ2v) is 2.41. The summed E-state index contributed by atoms with van der Waals surface area (Å²) in [7, 11) is 0. The molecule has 1 saturated carbocycles. The lowest BCUT2D eigenvalue weighted by molar-refractivity contribution is -0.147. The van der Waals surface area contributed by atoms with Gasteiger partial charge in [-0.15, -0.1) is 0 Å². The zero-order valence-corrected chi connectivity index (χ0v) is 5.46. The largest absolute Gasteiger partial charge is 0.447 e. The van der Waals surface area contributed by atoms with Crippen molar-refractivity contribution in [3.8, 4) is 0 Å². The standard InChI is InChI=1S/C6H11NO2/c1-4(8)9-6(7)5-2-3-5/h5-6H,2-3,7H2,1H3/t6-/m0/s1. The maximum absolute atomic E-state index is 10.3. The van der Waals surface area contributed by atoms with Crippen molar-refractivity contribution in [1.82, 2.24) is 0 Å². The van der Waals surface area contributed by atoms with Crippen LogP contribution in [-0.4, -0.2) is 12.2 Å². The van der Waals surface area contributed by atoms with E-state index >= 15 is 0 Å². The van der Waals surface area contributed by atoms with E-state index in [1.807, 2.05) is 0 Å². The first-order chi connectivity index (χ1) is 4.20. The highest BCUT2D eigenvalue weighted by atomic mass is 16.6. The molecule has 1 fully saturated rings. The highest BCUT2D eigenvalue weighted by Gasteiger charge is 2.30. The van der Waals surface area contributed by atoms with Gasteiger partial charge in [0.1, 0.15) is 0 Å². The Hall–Kier alpha value is -0.570. The predicted octanol–water partition coefficient (Wildman–Crippen LogP) is 0.244. The van der Waals surface area contributed by atoms with Gasteiger partial charge in [-0.1, -0.05) is 0 Å². The Bertz CT molecular complexity index is 120. The molecule has 1 aliphatic carbocycles. The van der Waals surface area contributed by atoms with Crippen molar-refractivity contribution < 1.29 is 9.53 Å². The fourth-order valence-corrected chi connectivity index (χ4v) is 0.713. The minimum atomic E-state index is -0.345. The van der Waals surface area contributed by atoms with Gasteiger partial charge in [0.2, 0.25) is 0 Å². The Labute approximate surface area is 54.2 Å². The van der Waals surface area contributed by atoms with Crippen LogP contribution >= 0.6 is 0 Å². The zero-order chi connectivity index (χ0) is 6.85. The van der Waals surface area contributed by atoms with Crippen molar-refractivity contribution in [2.45, 2.75) is 26.0 Å². The molecule has 0 heterocycles. The Morgan fingerprint density at radius 2 is 2.33 bits per heavy atom. The van der Waals surface area contributed by atoms with Gasteiger partial charge in [0, 0.05) is 12.8 Å². The highest BCUT2D eigenvalue weighted by Crippen LogP contribution is 2.31. The van der Waals surface area contributed by atoms with Crippen LogP contribution in [0.3, 0.4) is 0 Å². The van der Waals surface area contributed by atoms with Gasteiger partial charge in [-0.2, -0.15) is 0 Å². The van der Waals surface area contributed by atoms with Crippen LogP contribution in [0.5, 0.6) is 0 Å². The summed E-state index contributed by atoms with van der Waals surface area (Å²) < 4.78 is 4.71. The molecule has 0 aliphatic heterocycles. The summed E-state index contributed by atoms with van der Waals surface area (Å²) in [6, 6.07) is 0. The maximum atomic E-state index is 10.3. The second-order valence-electron chi connectivity index (χ2n) is 2.41. The third kappa shape index (κ3) is 2.01. The molecule has 0 aromatic carbocycles. The van der Waals surface area contributed by atoms with E-state index in [-0.39, 0.29) is 12.2 Å². The van der Waals surface area contributed by atoms with Crippen molar-refractivity contribution in [1.29, 1.82) is 0 Å². The van der Waals surface area contributed by atoms with Gasteiger partial charge in [0.25, 0.3) is 0 Å². The van der Waals surface area contributed by atoms with Crippen LogP contribution in [0.2, 0.25) is 0 Å². The van der Waals surface area contributed by atoms with Crippen molar-refractivity contribution in [2.24, 2.45) is 11.7 Å². The van der Waals surface area contributed by atoms with E-state index < -0.39 is 0 Å². The van der Waals surface area contributed by atoms with Crippen molar-refractivity contribution >= 4 is 5.97 Å². The molecule has 0 saturated heterocycles. The number of carbonyl (C=O) groups excluding carboxylic acids is 1. The first-order valence-electron chi connectivity index (χ1n) is 3.13. The number of carbonyl (C=O) groups is 1. The van der Waals surface area contributed by atoms with Gasteiger partial charge < -0.3 is 4.74 Å². The van der Waals surface area contributed by atoms with E-state index in [4.69, 9.17) is 10.5 Å². The quantitative estimate of drug-likeness (QED) is 0.429. The number of hydrogen-bond donors (Lipinski definition) is 1. The molecule has 0 aromatic rings. The molecule has 52 valence electrons. The molecular weight excluding hydrogens is 118 g/mol. The van der Waals surface area contributed by atoms with Gasteiger partial charge in [0.15, 0.2) is 6.23 Å². The monoisotopic (exact) mass is 129 g/mol. The number of ether oxygens (including phenoxy) is 1. The highest BCUT2D eigenvalue weighted by molar-refractivity contribution is 5.66. The van der Waals surface area contributed by atoms with Gasteiger partial charge in [-0.25, -0.2) is 0 Å². The van der Waals surface area contributed by atoms with Gasteiger partial charge in [-0.05, 0) is 12.8 Å². The summed E-state index contributed by atoms with van der Waals surface area (Å²) in [5.41, 5.74) is 5.44. The average molecular weight is 129 g/mol. The number of esters is 1. The average Bonchev–Trinajstić information content (AvgIpc) is 2.40. The van der Waals surface area contributed by atoms with Crippen LogP contribution in [0.1, 0.15) is 19.8 Å². The molecule has 1 rings (SSSR count).